The zero-order valence-electron chi connectivity index (χ0n) is 25.6. The second-order valence-electron chi connectivity index (χ2n) is 11.5. The fraction of sp³-hybridized carbons (Fsp3) is 0.432. The molecule has 4 rings (SSSR count). The number of carbonyl (C=O) groups is 1. The molecule has 42 heavy (non-hydrogen) atoms. The molecule has 1 aromatic heterocycles. The third kappa shape index (κ3) is 7.76. The number of benzene rings is 2. The first-order valence-electron chi connectivity index (χ1n) is 15.9. The van der Waals surface area contributed by atoms with Crippen LogP contribution in [0.1, 0.15) is 111 Å². The van der Waals surface area contributed by atoms with E-state index in [9.17, 15) is 14.7 Å². The number of fused-ring (bicyclic) bond motifs is 1. The predicted molar refractivity (Wildman–Crippen MR) is 174 cm³/mol. The van der Waals surface area contributed by atoms with Crippen LogP contribution in [0.2, 0.25) is 0 Å². The summed E-state index contributed by atoms with van der Waals surface area (Å²) in [5.74, 6) is 0.116. The summed E-state index contributed by atoms with van der Waals surface area (Å²) in [5, 5.41) is 9.64. The number of nitrogens with zero attached hydrogens (tertiary/aromatic N) is 2. The van der Waals surface area contributed by atoms with E-state index >= 15 is 0 Å². The molecule has 0 aliphatic heterocycles. The number of carboxylic acid groups (broad SMARTS) is 1. The van der Waals surface area contributed by atoms with Gasteiger partial charge in [-0.2, -0.15) is 0 Å². The first kappa shape index (κ1) is 31.2. The molecule has 0 amide bonds. The van der Waals surface area contributed by atoms with Crippen molar-refractivity contribution >= 4 is 17.0 Å². The van der Waals surface area contributed by atoms with Crippen LogP contribution in [0.25, 0.3) is 22.2 Å². The normalized spacial score (nSPS) is 11.3. The Balaban J connectivity index is 1.74. The van der Waals surface area contributed by atoms with Gasteiger partial charge in [-0.05, 0) is 67.0 Å². The Morgan fingerprint density at radius 1 is 0.762 bits per heavy atom. The van der Waals surface area contributed by atoms with Crippen molar-refractivity contribution < 1.29 is 9.90 Å². The lowest BCUT2D eigenvalue weighted by Crippen LogP contribution is -2.12. The summed E-state index contributed by atoms with van der Waals surface area (Å²) in [4.78, 5) is 30.6. The topological polar surface area (TPSA) is 72.2 Å². The first-order valence-corrected chi connectivity index (χ1v) is 15.9. The van der Waals surface area contributed by atoms with Gasteiger partial charge in [-0.3, -0.25) is 4.79 Å². The monoisotopic (exact) mass is 566 g/mol. The summed E-state index contributed by atoms with van der Waals surface area (Å²) in [6.45, 7) is 7.24. The Labute approximate surface area is 250 Å². The molecule has 0 saturated carbocycles. The summed E-state index contributed by atoms with van der Waals surface area (Å²) in [5.41, 5.74) is 6.96. The predicted octanol–water partition coefficient (Wildman–Crippen LogP) is 9.01. The minimum absolute atomic E-state index is 0.200. The van der Waals surface area contributed by atoms with Gasteiger partial charge in [-0.25, -0.2) is 9.78 Å². The lowest BCUT2D eigenvalue weighted by atomic mass is 9.99. The average molecular weight is 567 g/mol. The Bertz CT molecular complexity index is 1540. The fourth-order valence-corrected chi connectivity index (χ4v) is 5.80. The highest BCUT2D eigenvalue weighted by molar-refractivity contribution is 5.96. The van der Waals surface area contributed by atoms with Crippen molar-refractivity contribution in [2.75, 3.05) is 0 Å². The molecule has 1 heterocycles. The van der Waals surface area contributed by atoms with Crippen molar-refractivity contribution in [1.29, 1.82) is 0 Å². The molecule has 4 aromatic rings. The molecule has 0 atom stereocenters. The molecule has 0 spiro atoms. The summed E-state index contributed by atoms with van der Waals surface area (Å²) >= 11 is 0. The van der Waals surface area contributed by atoms with Crippen LogP contribution in [0.5, 0.6) is 0 Å². The molecule has 0 fully saturated rings. The van der Waals surface area contributed by atoms with Crippen molar-refractivity contribution in [2.45, 2.75) is 104 Å². The second kappa shape index (κ2) is 15.5. The number of unbranched alkanes of at least 4 members (excludes halogenated alkanes) is 6. The van der Waals surface area contributed by atoms with Gasteiger partial charge in [-0.1, -0.05) is 102 Å². The molecule has 0 saturated heterocycles. The van der Waals surface area contributed by atoms with Gasteiger partial charge in [0, 0.05) is 24.1 Å². The minimum Gasteiger partial charge on any atom is -0.478 e. The van der Waals surface area contributed by atoms with E-state index in [0.717, 1.165) is 90.5 Å². The van der Waals surface area contributed by atoms with Crippen molar-refractivity contribution in [1.82, 2.24) is 9.55 Å². The van der Waals surface area contributed by atoms with Gasteiger partial charge < -0.3 is 9.67 Å². The van der Waals surface area contributed by atoms with Gasteiger partial charge in [0.25, 0.3) is 0 Å². The molecule has 0 unspecified atom stereocenters. The Kier molecular flexibility index (Phi) is 11.5. The van der Waals surface area contributed by atoms with E-state index in [-0.39, 0.29) is 5.43 Å². The van der Waals surface area contributed by atoms with Gasteiger partial charge >= 0.3 is 5.97 Å². The molecule has 0 bridgehead atoms. The number of aryl methyl sites for hydroxylation is 3. The third-order valence-corrected chi connectivity index (χ3v) is 8.16. The van der Waals surface area contributed by atoms with Crippen molar-refractivity contribution in [2.24, 2.45) is 0 Å². The number of aromatic nitrogens is 2. The van der Waals surface area contributed by atoms with E-state index in [4.69, 9.17) is 4.98 Å². The molecular formula is C37H46N2O3. The van der Waals surface area contributed by atoms with Crippen LogP contribution in [-0.4, -0.2) is 20.6 Å². The van der Waals surface area contributed by atoms with E-state index in [0.29, 0.717) is 17.7 Å². The molecule has 0 aliphatic carbocycles. The quantitative estimate of drug-likeness (QED) is 0.137. The number of carboxylic acids is 1. The summed E-state index contributed by atoms with van der Waals surface area (Å²) in [6, 6.07) is 19.5. The molecule has 0 aliphatic rings. The van der Waals surface area contributed by atoms with Crippen LogP contribution in [0.4, 0.5) is 0 Å². The maximum atomic E-state index is 13.8. The SMILES string of the molecule is CCCCCCc1cc2nc(CCC)n(Cc3ccc(-c4ccccc4C(=O)O)cc3)c2cc(CCCCCC)c1=O. The lowest BCUT2D eigenvalue weighted by molar-refractivity contribution is 0.0697. The summed E-state index contributed by atoms with van der Waals surface area (Å²) < 4.78 is 2.29. The van der Waals surface area contributed by atoms with E-state index in [1.54, 1.807) is 12.1 Å². The molecule has 1 N–H and O–H groups in total. The standard InChI is InChI=1S/C37H46N2O3/c1-4-7-9-11-16-29-24-33-34(25-30(36(29)40)17-12-10-8-5-2)39(35(38-33)15-6-3)26-27-20-22-28(23-21-27)31-18-13-14-19-32(31)37(41)42/h13-14,18-25H,4-12,15-17,26H2,1-3H3,(H,41,42). The fourth-order valence-electron chi connectivity index (χ4n) is 5.80. The van der Waals surface area contributed by atoms with Crippen LogP contribution in [0.3, 0.4) is 0 Å². The van der Waals surface area contributed by atoms with Gasteiger partial charge in [0.1, 0.15) is 5.82 Å². The van der Waals surface area contributed by atoms with Gasteiger partial charge in [-0.15, -0.1) is 0 Å². The zero-order chi connectivity index (χ0) is 29.9. The average Bonchev–Trinajstić information content (AvgIpc) is 3.23. The Hall–Kier alpha value is -3.73. The molecule has 5 nitrogen and oxygen atoms in total. The van der Waals surface area contributed by atoms with Crippen LogP contribution in [-0.2, 0) is 25.8 Å². The van der Waals surface area contributed by atoms with E-state index < -0.39 is 5.97 Å². The van der Waals surface area contributed by atoms with Crippen molar-refractivity contribution in [3.05, 3.63) is 99.0 Å². The molecular weight excluding hydrogens is 520 g/mol. The second-order valence-corrected chi connectivity index (χ2v) is 11.5. The van der Waals surface area contributed by atoms with Gasteiger partial charge in [0.15, 0.2) is 5.43 Å². The molecule has 3 aromatic carbocycles. The van der Waals surface area contributed by atoms with Crippen LogP contribution < -0.4 is 5.43 Å². The highest BCUT2D eigenvalue weighted by Gasteiger charge is 2.16. The Morgan fingerprint density at radius 3 is 2.02 bits per heavy atom. The number of imidazole rings is 1. The minimum atomic E-state index is -0.926. The van der Waals surface area contributed by atoms with Crippen LogP contribution in [0, 0.1) is 0 Å². The van der Waals surface area contributed by atoms with E-state index in [2.05, 4.69) is 49.6 Å². The lowest BCUT2D eigenvalue weighted by Gasteiger charge is -2.11. The van der Waals surface area contributed by atoms with Gasteiger partial charge in [0.05, 0.1) is 16.6 Å². The smallest absolute Gasteiger partial charge is 0.336 e. The third-order valence-electron chi connectivity index (χ3n) is 8.16. The van der Waals surface area contributed by atoms with Crippen molar-refractivity contribution in [3.63, 3.8) is 0 Å². The highest BCUT2D eigenvalue weighted by atomic mass is 16.4. The summed E-state index contributed by atoms with van der Waals surface area (Å²) in [6.07, 6.45) is 12.5. The number of hydrogen-bond donors (Lipinski definition) is 1. The molecule has 0 radical (unpaired) electrons. The summed E-state index contributed by atoms with van der Waals surface area (Å²) in [7, 11) is 0. The molecule has 222 valence electrons. The number of rotatable bonds is 16. The molecule has 5 heteroatoms. The number of aromatic carboxylic acids is 1. The van der Waals surface area contributed by atoms with E-state index in [1.807, 2.05) is 24.3 Å². The van der Waals surface area contributed by atoms with Crippen LogP contribution in [0.15, 0.2) is 65.5 Å². The number of hydrogen-bond acceptors (Lipinski definition) is 3. The zero-order valence-corrected chi connectivity index (χ0v) is 25.6. The van der Waals surface area contributed by atoms with Gasteiger partial charge in [0.2, 0.25) is 0 Å². The van der Waals surface area contributed by atoms with Crippen molar-refractivity contribution in [3.8, 4) is 11.1 Å². The van der Waals surface area contributed by atoms with Crippen LogP contribution >= 0.6 is 0 Å². The van der Waals surface area contributed by atoms with E-state index in [1.165, 1.54) is 25.7 Å². The maximum absolute atomic E-state index is 13.8. The highest BCUT2D eigenvalue weighted by Crippen LogP contribution is 2.26. The maximum Gasteiger partial charge on any atom is 0.336 e. The largest absolute Gasteiger partial charge is 0.478 e. The first-order chi connectivity index (χ1) is 20.5. The Morgan fingerprint density at radius 2 is 1.40 bits per heavy atom.